The lowest BCUT2D eigenvalue weighted by Gasteiger charge is -2.32. The predicted molar refractivity (Wildman–Crippen MR) is 143 cm³/mol. The summed E-state index contributed by atoms with van der Waals surface area (Å²) in [5.74, 6) is 1.87. The minimum Gasteiger partial charge on any atom is -0.379 e. The molecule has 0 radical (unpaired) electrons. The van der Waals surface area contributed by atoms with E-state index in [2.05, 4.69) is 46.8 Å². The van der Waals surface area contributed by atoms with Crippen LogP contribution in [0, 0.1) is 19.8 Å². The Bertz CT molecular complexity index is 1450. The van der Waals surface area contributed by atoms with Crippen LogP contribution in [0.25, 0.3) is 27.8 Å². The molecule has 186 valence electrons. The standard InChI is InChI=1S/C28H30ClN5O2/c1-17-13-24-25(14-18(17)2)34(26-6-3-20-15-21(29)4-5-23(20)31-26)28(32-24)33-10-7-19(8-11-33)27(35)30-22-9-12-36-16-22/h3-6,13-15,19,22H,7-12,16H2,1-2H3,(H,30,35). The largest absolute Gasteiger partial charge is 0.379 e. The van der Waals surface area contributed by atoms with Gasteiger partial charge in [-0.05, 0) is 86.7 Å². The number of amides is 1. The van der Waals surface area contributed by atoms with E-state index in [-0.39, 0.29) is 17.9 Å². The third-order valence-electron chi connectivity index (χ3n) is 7.54. The molecule has 2 aliphatic heterocycles. The van der Waals surface area contributed by atoms with Crippen LogP contribution >= 0.6 is 11.6 Å². The Hall–Kier alpha value is -3.16. The summed E-state index contributed by atoms with van der Waals surface area (Å²) in [6.07, 6.45) is 2.49. The van der Waals surface area contributed by atoms with Gasteiger partial charge >= 0.3 is 0 Å². The maximum atomic E-state index is 12.8. The third kappa shape index (κ3) is 4.31. The van der Waals surface area contributed by atoms with Crippen LogP contribution in [0.1, 0.15) is 30.4 Å². The number of aryl methyl sites for hydroxylation is 2. The molecular formula is C28H30ClN5O2. The van der Waals surface area contributed by atoms with Crippen LogP contribution in [-0.2, 0) is 9.53 Å². The van der Waals surface area contributed by atoms with Crippen LogP contribution in [0.2, 0.25) is 5.02 Å². The first-order chi connectivity index (χ1) is 17.5. The number of anilines is 1. The second-order valence-electron chi connectivity index (χ2n) is 10.0. The van der Waals surface area contributed by atoms with Crippen LogP contribution < -0.4 is 10.2 Å². The van der Waals surface area contributed by atoms with E-state index in [0.29, 0.717) is 11.6 Å². The number of benzene rings is 2. The number of nitrogens with one attached hydrogen (secondary N) is 1. The average molecular weight is 504 g/mol. The molecule has 2 saturated heterocycles. The summed E-state index contributed by atoms with van der Waals surface area (Å²) in [6, 6.07) is 14.3. The highest BCUT2D eigenvalue weighted by Crippen LogP contribution is 2.32. The third-order valence-corrected chi connectivity index (χ3v) is 7.78. The quantitative estimate of drug-likeness (QED) is 0.426. The number of ether oxygens (including phenoxy) is 1. The lowest BCUT2D eigenvalue weighted by molar-refractivity contribution is -0.126. The van der Waals surface area contributed by atoms with Crippen molar-refractivity contribution < 1.29 is 9.53 Å². The molecule has 2 fully saturated rings. The molecule has 36 heavy (non-hydrogen) atoms. The molecule has 0 bridgehead atoms. The van der Waals surface area contributed by atoms with E-state index in [1.165, 1.54) is 11.1 Å². The first-order valence-corrected chi connectivity index (χ1v) is 13.0. The molecule has 2 aliphatic rings. The number of carbonyl (C=O) groups is 1. The molecule has 6 rings (SSSR count). The molecule has 1 amide bonds. The van der Waals surface area contributed by atoms with Crippen molar-refractivity contribution in [2.45, 2.75) is 39.2 Å². The molecule has 0 saturated carbocycles. The lowest BCUT2D eigenvalue weighted by atomic mass is 9.95. The fraction of sp³-hybridized carbons (Fsp3) is 0.393. The zero-order chi connectivity index (χ0) is 24.8. The van der Waals surface area contributed by atoms with Gasteiger partial charge in [-0.1, -0.05) is 11.6 Å². The van der Waals surface area contributed by atoms with Crippen molar-refractivity contribution in [3.05, 3.63) is 58.6 Å². The zero-order valence-corrected chi connectivity index (χ0v) is 21.4. The van der Waals surface area contributed by atoms with Crippen LogP contribution in [0.5, 0.6) is 0 Å². The number of hydrogen-bond acceptors (Lipinski definition) is 5. The van der Waals surface area contributed by atoms with Crippen LogP contribution in [0.4, 0.5) is 5.95 Å². The number of fused-ring (bicyclic) bond motifs is 2. The number of imidazole rings is 1. The van der Waals surface area contributed by atoms with Gasteiger partial charge < -0.3 is 15.0 Å². The Morgan fingerprint density at radius 3 is 2.58 bits per heavy atom. The van der Waals surface area contributed by atoms with Gasteiger partial charge in [0.15, 0.2) is 0 Å². The summed E-state index contributed by atoms with van der Waals surface area (Å²) in [7, 11) is 0. The van der Waals surface area contributed by atoms with Crippen molar-refractivity contribution in [3.63, 3.8) is 0 Å². The summed E-state index contributed by atoms with van der Waals surface area (Å²) in [5.41, 5.74) is 5.31. The fourth-order valence-corrected chi connectivity index (χ4v) is 5.46. The monoisotopic (exact) mass is 503 g/mol. The zero-order valence-electron chi connectivity index (χ0n) is 20.6. The lowest BCUT2D eigenvalue weighted by Crippen LogP contribution is -2.44. The fourth-order valence-electron chi connectivity index (χ4n) is 5.28. The molecule has 1 N–H and O–H groups in total. The van der Waals surface area contributed by atoms with Gasteiger partial charge in [-0.25, -0.2) is 9.97 Å². The van der Waals surface area contributed by atoms with Crippen molar-refractivity contribution in [1.29, 1.82) is 0 Å². The maximum absolute atomic E-state index is 12.8. The Kier molecular flexibility index (Phi) is 6.05. The minimum absolute atomic E-state index is 0.0210. The highest BCUT2D eigenvalue weighted by atomic mass is 35.5. The normalized spacial score (nSPS) is 18.9. The van der Waals surface area contributed by atoms with Gasteiger partial charge in [0.25, 0.3) is 0 Å². The molecule has 2 aromatic carbocycles. The summed E-state index contributed by atoms with van der Waals surface area (Å²) in [4.78, 5) is 25.2. The van der Waals surface area contributed by atoms with Gasteiger partial charge in [0, 0.05) is 36.0 Å². The molecule has 8 heteroatoms. The van der Waals surface area contributed by atoms with E-state index in [1.54, 1.807) is 0 Å². The van der Waals surface area contributed by atoms with Gasteiger partial charge in [0.05, 0.1) is 29.2 Å². The summed E-state index contributed by atoms with van der Waals surface area (Å²) >= 11 is 6.19. The predicted octanol–water partition coefficient (Wildman–Crippen LogP) is 4.97. The van der Waals surface area contributed by atoms with E-state index in [0.717, 1.165) is 72.7 Å². The molecule has 2 aromatic heterocycles. The molecule has 4 heterocycles. The molecule has 0 aliphatic carbocycles. The summed E-state index contributed by atoms with van der Waals surface area (Å²) in [6.45, 7) is 7.13. The number of carbonyl (C=O) groups excluding carboxylic acids is 1. The van der Waals surface area contributed by atoms with Gasteiger partial charge in [-0.2, -0.15) is 0 Å². The Morgan fingerprint density at radius 1 is 1.00 bits per heavy atom. The van der Waals surface area contributed by atoms with E-state index >= 15 is 0 Å². The van der Waals surface area contributed by atoms with Gasteiger partial charge in [0.2, 0.25) is 11.9 Å². The van der Waals surface area contributed by atoms with E-state index < -0.39 is 0 Å². The minimum atomic E-state index is 0.0210. The van der Waals surface area contributed by atoms with Crippen molar-refractivity contribution in [2.24, 2.45) is 5.92 Å². The second-order valence-corrected chi connectivity index (χ2v) is 10.4. The number of pyridine rings is 1. The van der Waals surface area contributed by atoms with Crippen LogP contribution in [0.3, 0.4) is 0 Å². The molecule has 0 spiro atoms. The number of piperidine rings is 1. The number of nitrogens with zero attached hydrogens (tertiary/aromatic N) is 4. The van der Waals surface area contributed by atoms with Crippen molar-refractivity contribution in [1.82, 2.24) is 19.9 Å². The van der Waals surface area contributed by atoms with Crippen molar-refractivity contribution >= 4 is 45.4 Å². The number of rotatable bonds is 4. The smallest absolute Gasteiger partial charge is 0.223 e. The number of halogens is 1. The molecule has 7 nitrogen and oxygen atoms in total. The molecule has 1 atom stereocenters. The summed E-state index contributed by atoms with van der Waals surface area (Å²) in [5, 5.41) is 4.87. The van der Waals surface area contributed by atoms with Crippen LogP contribution in [-0.4, -0.2) is 52.8 Å². The van der Waals surface area contributed by atoms with Gasteiger partial charge in [-0.15, -0.1) is 0 Å². The first kappa shape index (κ1) is 23.3. The van der Waals surface area contributed by atoms with E-state index in [1.807, 2.05) is 24.3 Å². The number of aromatic nitrogens is 3. The highest BCUT2D eigenvalue weighted by molar-refractivity contribution is 6.31. The second kappa shape index (κ2) is 9.37. The Labute approximate surface area is 215 Å². The molecule has 1 unspecified atom stereocenters. The topological polar surface area (TPSA) is 72.3 Å². The molecule has 4 aromatic rings. The summed E-state index contributed by atoms with van der Waals surface area (Å²) < 4.78 is 7.57. The number of hydrogen-bond donors (Lipinski definition) is 1. The average Bonchev–Trinajstić information content (AvgIpc) is 3.52. The Morgan fingerprint density at radius 2 is 1.81 bits per heavy atom. The Balaban J connectivity index is 1.33. The van der Waals surface area contributed by atoms with Gasteiger partial charge in [0.1, 0.15) is 5.82 Å². The SMILES string of the molecule is Cc1cc2nc(N3CCC(C(=O)NC4CCOC4)CC3)n(-c3ccc4cc(Cl)ccc4n3)c2cc1C. The molecular weight excluding hydrogens is 474 g/mol. The maximum Gasteiger partial charge on any atom is 0.223 e. The van der Waals surface area contributed by atoms with Crippen LogP contribution in [0.15, 0.2) is 42.5 Å². The van der Waals surface area contributed by atoms with E-state index in [4.69, 9.17) is 26.3 Å². The first-order valence-electron chi connectivity index (χ1n) is 12.7. The van der Waals surface area contributed by atoms with Crippen molar-refractivity contribution in [2.75, 3.05) is 31.2 Å². The highest BCUT2D eigenvalue weighted by Gasteiger charge is 2.30. The van der Waals surface area contributed by atoms with Gasteiger partial charge in [-0.3, -0.25) is 9.36 Å². The van der Waals surface area contributed by atoms with Crippen molar-refractivity contribution in [3.8, 4) is 5.82 Å². The van der Waals surface area contributed by atoms with E-state index in [9.17, 15) is 4.79 Å².